The van der Waals surface area contributed by atoms with E-state index in [0.29, 0.717) is 68.8 Å². The van der Waals surface area contributed by atoms with Crippen LogP contribution < -0.4 is 4.74 Å². The first-order valence-electron chi connectivity index (χ1n) is 11.7. The molecule has 0 bridgehead atoms. The van der Waals surface area contributed by atoms with E-state index in [0.717, 1.165) is 31.0 Å². The summed E-state index contributed by atoms with van der Waals surface area (Å²) in [6.07, 6.45) is 2.04. The maximum absolute atomic E-state index is 14.3. The molecule has 0 aromatic heterocycles. The Balaban J connectivity index is 1.51. The van der Waals surface area contributed by atoms with Crippen molar-refractivity contribution in [3.05, 3.63) is 64.2 Å². The van der Waals surface area contributed by atoms with Gasteiger partial charge in [0.1, 0.15) is 17.4 Å². The highest BCUT2D eigenvalue weighted by Crippen LogP contribution is 2.36. The molecule has 2 aliphatic heterocycles. The molecular weight excluding hydrogens is 462 g/mol. The SMILES string of the molecule is Cc1cc(OC[C@@]2(CC(=O)N3CCOCC3)CCCN(Cc3ccc(F)cc3F)C2)ccc1Cl. The minimum Gasteiger partial charge on any atom is -0.493 e. The molecule has 2 saturated heterocycles. The molecule has 0 radical (unpaired) electrons. The number of amides is 1. The van der Waals surface area contributed by atoms with Gasteiger partial charge in [-0.15, -0.1) is 0 Å². The summed E-state index contributed by atoms with van der Waals surface area (Å²) in [5, 5.41) is 0.676. The number of piperidine rings is 1. The lowest BCUT2D eigenvalue weighted by Crippen LogP contribution is -2.50. The van der Waals surface area contributed by atoms with Crippen molar-refractivity contribution in [1.29, 1.82) is 0 Å². The second-order valence-electron chi connectivity index (χ2n) is 9.42. The number of rotatable bonds is 7. The first-order chi connectivity index (χ1) is 16.3. The van der Waals surface area contributed by atoms with Gasteiger partial charge >= 0.3 is 0 Å². The Bertz CT molecular complexity index is 1020. The van der Waals surface area contributed by atoms with E-state index in [-0.39, 0.29) is 5.91 Å². The Kier molecular flexibility index (Phi) is 8.06. The highest BCUT2D eigenvalue weighted by atomic mass is 35.5. The fraction of sp³-hybridized carbons (Fsp3) is 0.500. The van der Waals surface area contributed by atoms with Crippen LogP contribution in [-0.2, 0) is 16.1 Å². The van der Waals surface area contributed by atoms with Crippen molar-refractivity contribution in [3.63, 3.8) is 0 Å². The zero-order valence-electron chi connectivity index (χ0n) is 19.5. The average Bonchev–Trinajstić information content (AvgIpc) is 2.82. The zero-order chi connectivity index (χ0) is 24.1. The van der Waals surface area contributed by atoms with Crippen LogP contribution in [0, 0.1) is 24.0 Å². The van der Waals surface area contributed by atoms with Crippen molar-refractivity contribution in [2.75, 3.05) is 46.0 Å². The van der Waals surface area contributed by atoms with Gasteiger partial charge in [0.05, 0.1) is 19.8 Å². The number of nitrogens with zero attached hydrogens (tertiary/aromatic N) is 2. The largest absolute Gasteiger partial charge is 0.493 e. The van der Waals surface area contributed by atoms with E-state index in [1.54, 1.807) is 0 Å². The van der Waals surface area contributed by atoms with E-state index in [4.69, 9.17) is 21.1 Å². The van der Waals surface area contributed by atoms with Crippen LogP contribution in [0.3, 0.4) is 0 Å². The summed E-state index contributed by atoms with van der Waals surface area (Å²) in [6, 6.07) is 9.23. The van der Waals surface area contributed by atoms with E-state index < -0.39 is 17.0 Å². The molecule has 0 aliphatic carbocycles. The van der Waals surface area contributed by atoms with Crippen molar-refractivity contribution >= 4 is 17.5 Å². The van der Waals surface area contributed by atoms with Gasteiger partial charge in [0.15, 0.2) is 0 Å². The van der Waals surface area contributed by atoms with Crippen LogP contribution in [0.25, 0.3) is 0 Å². The number of aryl methyl sites for hydroxylation is 1. The van der Waals surface area contributed by atoms with Crippen LogP contribution in [0.1, 0.15) is 30.4 Å². The van der Waals surface area contributed by atoms with Crippen LogP contribution in [0.2, 0.25) is 5.02 Å². The molecule has 0 N–H and O–H groups in total. The highest BCUT2D eigenvalue weighted by Gasteiger charge is 2.40. The molecule has 2 heterocycles. The second-order valence-corrected chi connectivity index (χ2v) is 9.83. The smallest absolute Gasteiger partial charge is 0.223 e. The molecule has 2 aliphatic rings. The van der Waals surface area contributed by atoms with Crippen molar-refractivity contribution < 1.29 is 23.0 Å². The molecule has 0 spiro atoms. The fourth-order valence-corrected chi connectivity index (χ4v) is 4.96. The van der Waals surface area contributed by atoms with Crippen LogP contribution in [0.4, 0.5) is 8.78 Å². The molecule has 1 amide bonds. The molecule has 0 saturated carbocycles. The Morgan fingerprint density at radius 1 is 1.15 bits per heavy atom. The molecular formula is C26H31ClF2N2O3. The number of halogens is 3. The van der Waals surface area contributed by atoms with Gasteiger partial charge < -0.3 is 14.4 Å². The monoisotopic (exact) mass is 492 g/mol. The summed E-state index contributed by atoms with van der Waals surface area (Å²) in [4.78, 5) is 17.2. The molecule has 4 rings (SSSR count). The molecule has 5 nitrogen and oxygen atoms in total. The van der Waals surface area contributed by atoms with Crippen molar-refractivity contribution in [2.24, 2.45) is 5.41 Å². The minimum absolute atomic E-state index is 0.0917. The van der Waals surface area contributed by atoms with Crippen LogP contribution in [0.5, 0.6) is 5.75 Å². The van der Waals surface area contributed by atoms with E-state index in [1.807, 2.05) is 30.0 Å². The van der Waals surface area contributed by atoms with Crippen LogP contribution in [0.15, 0.2) is 36.4 Å². The predicted molar refractivity (Wildman–Crippen MR) is 127 cm³/mol. The Labute approximate surface area is 204 Å². The van der Waals surface area contributed by atoms with E-state index in [2.05, 4.69) is 4.90 Å². The lowest BCUT2D eigenvalue weighted by Gasteiger charge is -2.43. The van der Waals surface area contributed by atoms with Crippen molar-refractivity contribution in [2.45, 2.75) is 32.7 Å². The maximum atomic E-state index is 14.3. The lowest BCUT2D eigenvalue weighted by molar-refractivity contribution is -0.139. The lowest BCUT2D eigenvalue weighted by atomic mass is 9.77. The Morgan fingerprint density at radius 2 is 1.94 bits per heavy atom. The summed E-state index contributed by atoms with van der Waals surface area (Å²) < 4.78 is 39.3. The fourth-order valence-electron chi connectivity index (χ4n) is 4.84. The molecule has 184 valence electrons. The summed E-state index contributed by atoms with van der Waals surface area (Å²) in [5.74, 6) is -0.332. The third-order valence-electron chi connectivity index (χ3n) is 6.71. The van der Waals surface area contributed by atoms with Gasteiger partial charge in [0.2, 0.25) is 5.91 Å². The van der Waals surface area contributed by atoms with Gasteiger partial charge in [-0.2, -0.15) is 0 Å². The predicted octanol–water partition coefficient (Wildman–Crippen LogP) is 4.84. The molecule has 34 heavy (non-hydrogen) atoms. The molecule has 1 atom stereocenters. The van der Waals surface area contributed by atoms with Crippen molar-refractivity contribution in [3.8, 4) is 5.75 Å². The first-order valence-corrected chi connectivity index (χ1v) is 12.1. The van der Waals surface area contributed by atoms with E-state index in [9.17, 15) is 13.6 Å². The standard InChI is InChI=1S/C26H31ClF2N2O3/c1-19-13-22(5-6-23(19)27)34-18-26(15-25(32)31-9-11-33-12-10-31)7-2-8-30(17-26)16-20-3-4-21(28)14-24(20)29/h3-6,13-14H,2,7-12,15-18H2,1H3/t26-/m1/s1. The number of carbonyl (C=O) groups is 1. The van der Waals surface area contributed by atoms with Crippen LogP contribution >= 0.6 is 11.6 Å². The first kappa shape index (κ1) is 24.9. The summed E-state index contributed by atoms with van der Waals surface area (Å²) in [6.45, 7) is 6.31. The normalized spacial score (nSPS) is 21.5. The minimum atomic E-state index is -0.586. The van der Waals surface area contributed by atoms with Gasteiger partial charge in [0, 0.05) is 54.7 Å². The molecule has 8 heteroatoms. The maximum Gasteiger partial charge on any atom is 0.223 e. The molecule has 2 aromatic rings. The van der Waals surface area contributed by atoms with E-state index >= 15 is 0 Å². The third-order valence-corrected chi connectivity index (χ3v) is 7.14. The summed E-state index contributed by atoms with van der Waals surface area (Å²) >= 11 is 6.15. The number of benzene rings is 2. The zero-order valence-corrected chi connectivity index (χ0v) is 20.3. The number of likely N-dealkylation sites (tertiary alicyclic amines) is 1. The Morgan fingerprint density at radius 3 is 2.68 bits per heavy atom. The number of hydrogen-bond acceptors (Lipinski definition) is 4. The van der Waals surface area contributed by atoms with Gasteiger partial charge in [-0.25, -0.2) is 8.78 Å². The molecule has 2 fully saturated rings. The quantitative estimate of drug-likeness (QED) is 0.555. The highest BCUT2D eigenvalue weighted by molar-refractivity contribution is 6.31. The summed E-state index contributed by atoms with van der Waals surface area (Å²) in [5.41, 5.74) is 0.957. The topological polar surface area (TPSA) is 42.0 Å². The number of ether oxygens (including phenoxy) is 2. The number of hydrogen-bond donors (Lipinski definition) is 0. The third kappa shape index (κ3) is 6.26. The number of morpholine rings is 1. The number of carbonyl (C=O) groups excluding carboxylic acids is 1. The average molecular weight is 493 g/mol. The van der Waals surface area contributed by atoms with Crippen molar-refractivity contribution in [1.82, 2.24) is 9.80 Å². The van der Waals surface area contributed by atoms with Gasteiger partial charge in [-0.1, -0.05) is 17.7 Å². The van der Waals surface area contributed by atoms with Gasteiger partial charge in [-0.3, -0.25) is 9.69 Å². The Hall–Kier alpha value is -2.22. The van der Waals surface area contributed by atoms with Gasteiger partial charge in [0.25, 0.3) is 0 Å². The summed E-state index contributed by atoms with van der Waals surface area (Å²) in [7, 11) is 0. The van der Waals surface area contributed by atoms with Crippen LogP contribution in [-0.4, -0.2) is 61.7 Å². The second kappa shape index (κ2) is 11.0. The molecule has 0 unspecified atom stereocenters. The van der Waals surface area contributed by atoms with Gasteiger partial charge in [-0.05, 0) is 56.1 Å². The van der Waals surface area contributed by atoms with E-state index in [1.165, 1.54) is 12.1 Å². The molecule has 2 aromatic carbocycles.